The molecule has 188 valence electrons. The van der Waals surface area contributed by atoms with Crippen molar-refractivity contribution in [3.63, 3.8) is 0 Å². The Morgan fingerprint density at radius 3 is 1.71 bits per heavy atom. The van der Waals surface area contributed by atoms with Crippen LogP contribution in [0.5, 0.6) is 0 Å². The minimum atomic E-state index is -4.43. The van der Waals surface area contributed by atoms with E-state index in [2.05, 4.69) is 19.9 Å². The van der Waals surface area contributed by atoms with E-state index in [1.54, 1.807) is 6.07 Å². The molecule has 0 saturated heterocycles. The molecule has 0 heterocycles. The number of rotatable bonds is 17. The van der Waals surface area contributed by atoms with Gasteiger partial charge in [-0.15, -0.1) is 0 Å². The molecule has 34 heavy (non-hydrogen) atoms. The van der Waals surface area contributed by atoms with Gasteiger partial charge >= 0.3 is 48.9 Å². The standard InChI is InChI=1S/C28H44O3S.Ba.H2O/c1-3-5-7-9-11-13-15-17-24-19-20-25-23-26(32(29,30)31)21-22-28(25)27(24)18-16-14-12-10-8-6-4-2;;/h19-23H,3-18H2,1-2H3,(H,29,30,31);;1H2/q;+2;/p-2. The largest absolute Gasteiger partial charge is 2.00 e. The number of unbranched alkanes of at least 4 members (excludes halogenated alkanes) is 12. The molecule has 2 rings (SSSR count). The van der Waals surface area contributed by atoms with Gasteiger partial charge in [0.1, 0.15) is 10.1 Å². The average molecular weight is 614 g/mol. The number of benzene rings is 2. The first kappa shape index (κ1) is 34.1. The average Bonchev–Trinajstić information content (AvgIpc) is 2.77. The van der Waals surface area contributed by atoms with Crippen LogP contribution in [0.1, 0.15) is 115 Å². The molecule has 0 spiro atoms. The Labute approximate surface area is 248 Å². The van der Waals surface area contributed by atoms with Gasteiger partial charge in [-0.05, 0) is 59.7 Å². The molecular weight excluding hydrogens is 570 g/mol. The van der Waals surface area contributed by atoms with Crippen molar-refractivity contribution in [2.24, 2.45) is 0 Å². The molecule has 4 nitrogen and oxygen atoms in total. The van der Waals surface area contributed by atoms with E-state index in [-0.39, 0.29) is 59.3 Å². The van der Waals surface area contributed by atoms with Crippen molar-refractivity contribution >= 4 is 69.8 Å². The molecule has 0 radical (unpaired) electrons. The third kappa shape index (κ3) is 12.4. The van der Waals surface area contributed by atoms with Crippen LogP contribution in [0.3, 0.4) is 0 Å². The second kappa shape index (κ2) is 19.3. The smallest absolute Gasteiger partial charge is 0.870 e. The van der Waals surface area contributed by atoms with Crippen molar-refractivity contribution in [2.75, 3.05) is 0 Å². The fourth-order valence-electron chi connectivity index (χ4n) is 4.63. The van der Waals surface area contributed by atoms with Crippen LogP contribution in [0, 0.1) is 0 Å². The predicted molar refractivity (Wildman–Crippen MR) is 143 cm³/mol. The van der Waals surface area contributed by atoms with E-state index in [4.69, 9.17) is 0 Å². The van der Waals surface area contributed by atoms with Crippen molar-refractivity contribution in [1.29, 1.82) is 0 Å². The number of hydrogen-bond donors (Lipinski definition) is 0. The summed E-state index contributed by atoms with van der Waals surface area (Å²) >= 11 is 0. The van der Waals surface area contributed by atoms with Crippen molar-refractivity contribution in [3.05, 3.63) is 41.5 Å². The molecule has 0 unspecified atom stereocenters. The van der Waals surface area contributed by atoms with Gasteiger partial charge in [0.2, 0.25) is 0 Å². The van der Waals surface area contributed by atoms with Crippen LogP contribution in [0.25, 0.3) is 10.8 Å². The van der Waals surface area contributed by atoms with Crippen LogP contribution in [0.4, 0.5) is 0 Å². The first-order valence-electron chi connectivity index (χ1n) is 13.0. The summed E-state index contributed by atoms with van der Waals surface area (Å²) in [6, 6.07) is 9.04. The zero-order chi connectivity index (χ0) is 23.2. The molecule has 0 amide bonds. The van der Waals surface area contributed by atoms with Gasteiger partial charge < -0.3 is 10.0 Å². The molecule has 0 aliphatic rings. The molecule has 0 saturated carbocycles. The van der Waals surface area contributed by atoms with Gasteiger partial charge in [0, 0.05) is 0 Å². The Balaban J connectivity index is 0.00000544. The number of aryl methyl sites for hydroxylation is 2. The fourth-order valence-corrected chi connectivity index (χ4v) is 5.14. The molecule has 2 aromatic rings. The Kier molecular flexibility index (Phi) is 19.4. The van der Waals surface area contributed by atoms with E-state index in [0.717, 1.165) is 30.0 Å². The molecular formula is C28H44BaO4S. The van der Waals surface area contributed by atoms with Gasteiger partial charge in [-0.3, -0.25) is 0 Å². The minimum Gasteiger partial charge on any atom is -0.870 e. The summed E-state index contributed by atoms with van der Waals surface area (Å²) < 4.78 is 34.4. The van der Waals surface area contributed by atoms with Crippen LogP contribution < -0.4 is 0 Å². The van der Waals surface area contributed by atoms with E-state index in [1.165, 1.54) is 101 Å². The second-order valence-corrected chi connectivity index (χ2v) is 10.7. The quantitative estimate of drug-likeness (QED) is 0.104. The van der Waals surface area contributed by atoms with Gasteiger partial charge in [-0.25, -0.2) is 8.42 Å². The van der Waals surface area contributed by atoms with Crippen molar-refractivity contribution < 1.29 is 18.4 Å². The summed E-state index contributed by atoms with van der Waals surface area (Å²) in [5.74, 6) is 0. The zero-order valence-corrected chi connectivity index (χ0v) is 26.7. The predicted octanol–water partition coefficient (Wildman–Crippen LogP) is 7.77. The van der Waals surface area contributed by atoms with E-state index in [0.29, 0.717) is 0 Å². The summed E-state index contributed by atoms with van der Waals surface area (Å²) in [7, 11) is -4.43. The van der Waals surface area contributed by atoms with Crippen LogP contribution in [0.15, 0.2) is 35.2 Å². The summed E-state index contributed by atoms with van der Waals surface area (Å²) in [6.45, 7) is 4.50. The fraction of sp³-hybridized carbons (Fsp3) is 0.643. The first-order valence-corrected chi connectivity index (χ1v) is 14.4. The van der Waals surface area contributed by atoms with E-state index in [9.17, 15) is 13.0 Å². The molecule has 6 heteroatoms. The van der Waals surface area contributed by atoms with Gasteiger partial charge in [-0.1, -0.05) is 109 Å². The molecule has 0 fully saturated rings. The number of hydrogen-bond acceptors (Lipinski definition) is 4. The minimum absolute atomic E-state index is 0. The van der Waals surface area contributed by atoms with Crippen LogP contribution >= 0.6 is 0 Å². The Hall–Kier alpha value is 0.141. The summed E-state index contributed by atoms with van der Waals surface area (Å²) in [4.78, 5) is -0.133. The maximum Gasteiger partial charge on any atom is 2.00 e. The molecule has 0 aliphatic heterocycles. The van der Waals surface area contributed by atoms with Gasteiger partial charge in [0.05, 0.1) is 4.90 Å². The Morgan fingerprint density at radius 2 is 1.18 bits per heavy atom. The third-order valence-electron chi connectivity index (χ3n) is 6.57. The van der Waals surface area contributed by atoms with E-state index in [1.807, 2.05) is 12.1 Å². The van der Waals surface area contributed by atoms with Crippen molar-refractivity contribution in [2.45, 2.75) is 121 Å². The second-order valence-electron chi connectivity index (χ2n) is 9.28. The van der Waals surface area contributed by atoms with Crippen LogP contribution in [0.2, 0.25) is 0 Å². The van der Waals surface area contributed by atoms with Gasteiger partial charge in [-0.2, -0.15) is 0 Å². The Morgan fingerprint density at radius 1 is 0.676 bits per heavy atom. The normalized spacial score (nSPS) is 11.3. The van der Waals surface area contributed by atoms with Gasteiger partial charge in [0.25, 0.3) is 0 Å². The van der Waals surface area contributed by atoms with Gasteiger partial charge in [0.15, 0.2) is 0 Å². The monoisotopic (exact) mass is 614 g/mol. The number of fused-ring (bicyclic) bond motifs is 1. The maximum atomic E-state index is 11.5. The molecule has 2 aromatic carbocycles. The SMILES string of the molecule is CCCCCCCCCc1ccc2cc(S(=O)(=O)[O-])ccc2c1CCCCCCCCC.[Ba+2].[OH-]. The molecule has 0 atom stereocenters. The summed E-state index contributed by atoms with van der Waals surface area (Å²) in [5.41, 5.74) is 2.76. The van der Waals surface area contributed by atoms with Crippen LogP contribution in [-0.4, -0.2) is 67.3 Å². The molecule has 0 bridgehead atoms. The first-order chi connectivity index (χ1) is 15.5. The molecule has 1 N–H and O–H groups in total. The summed E-state index contributed by atoms with van der Waals surface area (Å²) in [5, 5.41) is 1.98. The van der Waals surface area contributed by atoms with Crippen LogP contribution in [-0.2, 0) is 23.0 Å². The van der Waals surface area contributed by atoms with E-state index < -0.39 is 10.1 Å². The van der Waals surface area contributed by atoms with E-state index >= 15 is 0 Å². The molecule has 0 aliphatic carbocycles. The van der Waals surface area contributed by atoms with Crippen molar-refractivity contribution in [1.82, 2.24) is 0 Å². The zero-order valence-electron chi connectivity index (χ0n) is 21.5. The third-order valence-corrected chi connectivity index (χ3v) is 7.40. The maximum absolute atomic E-state index is 11.5. The molecule has 0 aromatic heterocycles. The Bertz CT molecular complexity index is 912. The summed E-state index contributed by atoms with van der Waals surface area (Å²) in [6.07, 6.45) is 20.2. The van der Waals surface area contributed by atoms with Crippen molar-refractivity contribution in [3.8, 4) is 0 Å². The topological polar surface area (TPSA) is 87.2 Å².